The number of carboxylic acid groups (broad SMARTS) is 1. The Morgan fingerprint density at radius 3 is 2.32 bits per heavy atom. The smallest absolute Gasteiger partial charge is 0.337 e. The number of anilines is 1. The maximum absolute atomic E-state index is 12.9. The second-order valence-electron chi connectivity index (χ2n) is 7.80. The van der Waals surface area contributed by atoms with Gasteiger partial charge in [0.1, 0.15) is 4.90 Å². The van der Waals surface area contributed by atoms with Gasteiger partial charge in [-0.15, -0.1) is 0 Å². The molecule has 3 N–H and O–H groups in total. The minimum Gasteiger partial charge on any atom is -0.478 e. The lowest BCUT2D eigenvalue weighted by atomic mass is 9.96. The molecule has 1 unspecified atom stereocenters. The number of hydrogen-bond donors (Lipinski definition) is 3. The Labute approximate surface area is 210 Å². The highest BCUT2D eigenvalue weighted by atomic mass is 35.5. The summed E-state index contributed by atoms with van der Waals surface area (Å²) in [6.45, 7) is 2.65. The van der Waals surface area contributed by atoms with E-state index in [0.717, 1.165) is 23.6 Å². The van der Waals surface area contributed by atoms with E-state index >= 15 is 0 Å². The lowest BCUT2D eigenvalue weighted by Gasteiger charge is -2.19. The molecule has 0 aliphatic carbocycles. The molecule has 0 heterocycles. The van der Waals surface area contributed by atoms with Crippen LogP contribution in [0.5, 0.6) is 0 Å². The number of carbonyl (C=O) groups is 1. The Hall–Kier alpha value is -2.58. The first kappa shape index (κ1) is 26.0. The van der Waals surface area contributed by atoms with Gasteiger partial charge in [0.25, 0.3) is 0 Å². The topological polar surface area (TPSA) is 95.5 Å². The van der Waals surface area contributed by atoms with E-state index in [1.807, 2.05) is 42.5 Å². The van der Waals surface area contributed by atoms with Crippen LogP contribution < -0.4 is 10.0 Å². The summed E-state index contributed by atoms with van der Waals surface area (Å²) in [6.07, 6.45) is 1.29. The van der Waals surface area contributed by atoms with Crippen molar-refractivity contribution in [3.8, 4) is 0 Å². The lowest BCUT2D eigenvalue weighted by Crippen LogP contribution is -2.26. The first-order chi connectivity index (χ1) is 16.2. The maximum Gasteiger partial charge on any atom is 0.337 e. The summed E-state index contributed by atoms with van der Waals surface area (Å²) >= 11 is 12.2. The molecule has 6 nitrogen and oxygen atoms in total. The average Bonchev–Trinajstić information content (AvgIpc) is 2.81. The molecule has 0 radical (unpaired) electrons. The molecule has 3 aromatic rings. The molecule has 3 rings (SSSR count). The summed E-state index contributed by atoms with van der Waals surface area (Å²) in [4.78, 5) is 11.6. The molecule has 0 aromatic heterocycles. The van der Waals surface area contributed by atoms with Gasteiger partial charge in [-0.05, 0) is 48.2 Å². The fourth-order valence-corrected chi connectivity index (χ4v) is 5.31. The van der Waals surface area contributed by atoms with E-state index in [2.05, 4.69) is 17.0 Å². The molecule has 180 valence electrons. The van der Waals surface area contributed by atoms with Gasteiger partial charge in [-0.25, -0.2) is 17.9 Å². The quantitative estimate of drug-likeness (QED) is 0.296. The summed E-state index contributed by atoms with van der Waals surface area (Å²) < 4.78 is 28.2. The number of rotatable bonds is 11. The van der Waals surface area contributed by atoms with Crippen LogP contribution in [0.1, 0.15) is 40.7 Å². The van der Waals surface area contributed by atoms with Crippen LogP contribution in [-0.2, 0) is 16.4 Å². The van der Waals surface area contributed by atoms with Crippen LogP contribution >= 0.6 is 23.2 Å². The summed E-state index contributed by atoms with van der Waals surface area (Å²) in [5, 5.41) is 13.4. The van der Waals surface area contributed by atoms with E-state index < -0.39 is 16.0 Å². The Bertz CT molecular complexity index is 1230. The molecule has 0 saturated carbocycles. The zero-order valence-electron chi connectivity index (χ0n) is 18.6. The minimum atomic E-state index is -4.02. The van der Waals surface area contributed by atoms with Gasteiger partial charge in [-0.3, -0.25) is 0 Å². The van der Waals surface area contributed by atoms with Gasteiger partial charge in [0, 0.05) is 24.0 Å². The third-order valence-electron chi connectivity index (χ3n) is 5.51. The van der Waals surface area contributed by atoms with Crippen molar-refractivity contribution in [2.45, 2.75) is 30.6 Å². The van der Waals surface area contributed by atoms with Crippen LogP contribution in [0.25, 0.3) is 0 Å². The predicted molar refractivity (Wildman–Crippen MR) is 137 cm³/mol. The fraction of sp³-hybridized carbons (Fsp3) is 0.240. The van der Waals surface area contributed by atoms with Crippen LogP contribution in [0.3, 0.4) is 0 Å². The van der Waals surface area contributed by atoms with E-state index in [0.29, 0.717) is 18.0 Å². The second kappa shape index (κ2) is 11.7. The van der Waals surface area contributed by atoms with Crippen molar-refractivity contribution < 1.29 is 18.3 Å². The van der Waals surface area contributed by atoms with Crippen LogP contribution in [-0.4, -0.2) is 32.6 Å². The highest BCUT2D eigenvalue weighted by Crippen LogP contribution is 2.30. The third-order valence-corrected chi connectivity index (χ3v) is 7.69. The van der Waals surface area contributed by atoms with Crippen LogP contribution in [0, 0.1) is 0 Å². The third kappa shape index (κ3) is 6.73. The van der Waals surface area contributed by atoms with Crippen LogP contribution in [0.15, 0.2) is 71.6 Å². The zero-order valence-corrected chi connectivity index (χ0v) is 20.9. The van der Waals surface area contributed by atoms with Gasteiger partial charge >= 0.3 is 5.97 Å². The van der Waals surface area contributed by atoms with Crippen LogP contribution in [0.2, 0.25) is 10.0 Å². The monoisotopic (exact) mass is 520 g/mol. The number of halogens is 2. The Morgan fingerprint density at radius 1 is 1.03 bits per heavy atom. The largest absolute Gasteiger partial charge is 0.478 e. The van der Waals surface area contributed by atoms with Gasteiger partial charge in [0.15, 0.2) is 0 Å². The van der Waals surface area contributed by atoms with E-state index in [-0.39, 0.29) is 33.6 Å². The van der Waals surface area contributed by atoms with E-state index in [9.17, 15) is 18.3 Å². The lowest BCUT2D eigenvalue weighted by molar-refractivity contribution is 0.0697. The molecule has 0 saturated heterocycles. The molecule has 0 aliphatic heterocycles. The van der Waals surface area contributed by atoms with Crippen molar-refractivity contribution in [1.29, 1.82) is 0 Å². The number of sulfonamides is 1. The molecule has 0 spiro atoms. The Morgan fingerprint density at radius 2 is 1.71 bits per heavy atom. The molecule has 1 atom stereocenters. The molecule has 34 heavy (non-hydrogen) atoms. The van der Waals surface area contributed by atoms with Crippen molar-refractivity contribution in [1.82, 2.24) is 4.72 Å². The molecular weight excluding hydrogens is 495 g/mol. The van der Waals surface area contributed by atoms with Gasteiger partial charge in [-0.1, -0.05) is 72.6 Å². The normalized spacial score (nSPS) is 12.3. The number of carboxylic acids is 1. The van der Waals surface area contributed by atoms with Crippen molar-refractivity contribution in [3.05, 3.63) is 93.5 Å². The number of nitrogens with one attached hydrogen (secondary N) is 2. The molecule has 0 amide bonds. The predicted octanol–water partition coefficient (Wildman–Crippen LogP) is 5.82. The number of hydrogen-bond acceptors (Lipinski definition) is 4. The van der Waals surface area contributed by atoms with Gasteiger partial charge in [-0.2, -0.15) is 0 Å². The molecule has 9 heteroatoms. The van der Waals surface area contributed by atoms with Crippen molar-refractivity contribution in [2.75, 3.05) is 18.4 Å². The summed E-state index contributed by atoms with van der Waals surface area (Å²) in [7, 11) is -4.02. The zero-order chi connectivity index (χ0) is 24.7. The standard InChI is InChI=1S/C25H26Cl2N2O4S/c1-2-18(19-6-4-3-5-7-19)16-28-23-15-22(27)24(14-21(23)25(30)31)34(32,33)29-13-12-17-8-10-20(26)11-9-17/h3-11,14-15,18,28-29H,2,12-13,16H2,1H3,(H,30,31). The van der Waals surface area contributed by atoms with Gasteiger partial charge in [0.2, 0.25) is 10.0 Å². The summed E-state index contributed by atoms with van der Waals surface area (Å²) in [6, 6.07) is 19.4. The molecule has 0 bridgehead atoms. The number of benzene rings is 3. The second-order valence-corrected chi connectivity index (χ2v) is 10.4. The van der Waals surface area contributed by atoms with Crippen molar-refractivity contribution in [2.24, 2.45) is 0 Å². The van der Waals surface area contributed by atoms with E-state index in [4.69, 9.17) is 23.2 Å². The van der Waals surface area contributed by atoms with E-state index in [1.165, 1.54) is 6.07 Å². The molecular formula is C25H26Cl2N2O4S. The Kier molecular flexibility index (Phi) is 8.97. The van der Waals surface area contributed by atoms with Crippen LogP contribution in [0.4, 0.5) is 5.69 Å². The van der Waals surface area contributed by atoms with Crippen molar-refractivity contribution >= 4 is 44.9 Å². The minimum absolute atomic E-state index is 0.0562. The number of aromatic carboxylic acids is 1. The first-order valence-corrected chi connectivity index (χ1v) is 13.0. The molecule has 3 aromatic carbocycles. The van der Waals surface area contributed by atoms with Gasteiger partial charge < -0.3 is 10.4 Å². The average molecular weight is 521 g/mol. The maximum atomic E-state index is 12.9. The summed E-state index contributed by atoms with van der Waals surface area (Å²) in [5.74, 6) is -1.09. The highest BCUT2D eigenvalue weighted by Gasteiger charge is 2.23. The first-order valence-electron chi connectivity index (χ1n) is 10.8. The highest BCUT2D eigenvalue weighted by molar-refractivity contribution is 7.89. The van der Waals surface area contributed by atoms with Gasteiger partial charge in [0.05, 0.1) is 16.3 Å². The fourth-order valence-electron chi connectivity index (χ4n) is 3.60. The molecule has 0 aliphatic rings. The Balaban J connectivity index is 1.76. The SMILES string of the molecule is CCC(CNc1cc(Cl)c(S(=O)(=O)NCCc2ccc(Cl)cc2)cc1C(=O)O)c1ccccc1. The van der Waals surface area contributed by atoms with E-state index in [1.54, 1.807) is 12.1 Å². The van der Waals surface area contributed by atoms with Crippen molar-refractivity contribution in [3.63, 3.8) is 0 Å². The molecule has 0 fully saturated rings. The summed E-state index contributed by atoms with van der Waals surface area (Å²) in [5.41, 5.74) is 2.15.